The summed E-state index contributed by atoms with van der Waals surface area (Å²) in [5.41, 5.74) is 13.9. The molecule has 0 saturated carbocycles. The van der Waals surface area contributed by atoms with E-state index in [2.05, 4.69) is 74.2 Å². The highest BCUT2D eigenvalue weighted by Gasteiger charge is 2.32. The average molecular weight is 1360 g/mol. The van der Waals surface area contributed by atoms with E-state index in [1.54, 1.807) is 30.5 Å². The number of benzene rings is 1. The molecule has 5 amide bonds. The molecule has 0 radical (unpaired) electrons. The second-order valence-corrected chi connectivity index (χ2v) is 27.3. The predicted octanol–water partition coefficient (Wildman–Crippen LogP) is 15.5. The molecule has 2 heterocycles. The fourth-order valence-corrected chi connectivity index (χ4v) is 12.5. The number of hydrogen-bond donors (Lipinski definition) is 9. The Morgan fingerprint density at radius 3 is 1.11 bits per heavy atom. The van der Waals surface area contributed by atoms with Crippen molar-refractivity contribution < 1.29 is 43.8 Å². The molecule has 11 N–H and O–H groups in total. The number of anilines is 3. The molecule has 5 atom stereocenters. The minimum atomic E-state index is -1.38. The third-order valence-electron chi connectivity index (χ3n) is 18.7. The van der Waals surface area contributed by atoms with Gasteiger partial charge < -0.3 is 53.2 Å². The molecular formula is C76H130N12O9. The van der Waals surface area contributed by atoms with Crippen molar-refractivity contribution in [2.24, 2.45) is 0 Å². The summed E-state index contributed by atoms with van der Waals surface area (Å²) in [4.78, 5) is 116. The number of nitrogens with one attached hydrogen (secondary N) is 5. The van der Waals surface area contributed by atoms with Crippen LogP contribution < -0.4 is 43.0 Å². The zero-order valence-corrected chi connectivity index (χ0v) is 60.7. The first-order chi connectivity index (χ1) is 47.0. The number of hydrogen-bond acceptors (Lipinski definition) is 14. The molecule has 97 heavy (non-hydrogen) atoms. The van der Waals surface area contributed by atoms with Gasteiger partial charge in [0.2, 0.25) is 29.6 Å². The SMILES string of the molecule is CCCCCCCCCCCCC(NC(=O)C(CCCCCCCCCCCC)NC(=O)CCC(NC(=O)c1ccc(N(C)Cc2cnc3nc(N)nc(N)c3n2)cc1)C(=O)NC(CCCCCCCCCCCC)C(=O)NC(CCCCCCCCCCCC)C(=O)O)C(=O)O. The number of fused-ring (bicyclic) bond motifs is 1. The Hall–Kier alpha value is -6.67. The van der Waals surface area contributed by atoms with Crippen LogP contribution in [0.4, 0.5) is 17.5 Å². The zero-order chi connectivity index (χ0) is 70.7. The van der Waals surface area contributed by atoms with Crippen molar-refractivity contribution >= 4 is 70.1 Å². The maximum Gasteiger partial charge on any atom is 0.326 e. The van der Waals surface area contributed by atoms with E-state index >= 15 is 0 Å². The molecule has 548 valence electrons. The Morgan fingerprint density at radius 1 is 0.412 bits per heavy atom. The summed E-state index contributed by atoms with van der Waals surface area (Å²) < 4.78 is 0. The quantitative estimate of drug-likeness (QED) is 0.0237. The molecule has 3 rings (SSSR count). The lowest BCUT2D eigenvalue weighted by molar-refractivity contribution is -0.143. The maximum atomic E-state index is 14.9. The molecule has 0 aliphatic heterocycles. The number of nitrogen functional groups attached to an aromatic ring is 2. The first-order valence-electron chi connectivity index (χ1n) is 38.3. The number of amides is 5. The highest BCUT2D eigenvalue weighted by molar-refractivity contribution is 5.99. The highest BCUT2D eigenvalue weighted by Crippen LogP contribution is 2.22. The van der Waals surface area contributed by atoms with E-state index in [4.69, 9.17) is 11.5 Å². The molecule has 0 spiro atoms. The van der Waals surface area contributed by atoms with Gasteiger partial charge >= 0.3 is 11.9 Å². The normalized spacial score (nSPS) is 12.9. The van der Waals surface area contributed by atoms with Crippen molar-refractivity contribution in [2.45, 2.75) is 360 Å². The van der Waals surface area contributed by atoms with E-state index < -0.39 is 71.7 Å². The van der Waals surface area contributed by atoms with Crippen molar-refractivity contribution in [1.82, 2.24) is 46.5 Å². The first-order valence-corrected chi connectivity index (χ1v) is 38.3. The van der Waals surface area contributed by atoms with Gasteiger partial charge in [-0.1, -0.05) is 285 Å². The van der Waals surface area contributed by atoms with E-state index in [1.165, 1.54) is 122 Å². The zero-order valence-electron chi connectivity index (χ0n) is 60.7. The summed E-state index contributed by atoms with van der Waals surface area (Å²) in [6.07, 6.45) is 44.5. The Kier molecular flexibility index (Phi) is 46.5. The first kappa shape index (κ1) is 84.6. The second kappa shape index (κ2) is 53.3. The molecule has 21 nitrogen and oxygen atoms in total. The molecule has 2 aromatic heterocycles. The van der Waals surface area contributed by atoms with E-state index in [-0.39, 0.29) is 61.5 Å². The number of aliphatic carboxylic acids is 2. The van der Waals surface area contributed by atoms with Gasteiger partial charge in [0.25, 0.3) is 5.91 Å². The minimum Gasteiger partial charge on any atom is -0.480 e. The van der Waals surface area contributed by atoms with Crippen LogP contribution in [0.15, 0.2) is 30.5 Å². The summed E-state index contributed by atoms with van der Waals surface area (Å²) >= 11 is 0. The Labute approximate surface area is 582 Å². The van der Waals surface area contributed by atoms with Crippen molar-refractivity contribution in [2.75, 3.05) is 23.4 Å². The van der Waals surface area contributed by atoms with Crippen LogP contribution in [0.1, 0.15) is 339 Å². The van der Waals surface area contributed by atoms with Gasteiger partial charge in [-0.25, -0.2) is 19.6 Å². The molecule has 0 bridgehead atoms. The van der Waals surface area contributed by atoms with Gasteiger partial charge in [-0.05, 0) is 56.4 Å². The van der Waals surface area contributed by atoms with Gasteiger partial charge in [-0.2, -0.15) is 9.97 Å². The summed E-state index contributed by atoms with van der Waals surface area (Å²) in [5.74, 6) is -5.42. The number of rotatable bonds is 61. The van der Waals surface area contributed by atoms with E-state index in [0.29, 0.717) is 49.1 Å². The summed E-state index contributed by atoms with van der Waals surface area (Å²) in [5, 5.41) is 34.8. The molecule has 0 fully saturated rings. The molecule has 0 saturated heterocycles. The number of nitrogens with zero attached hydrogens (tertiary/aromatic N) is 5. The fraction of sp³-hybridized carbons (Fsp3) is 0.750. The molecular weight excluding hydrogens is 1220 g/mol. The van der Waals surface area contributed by atoms with Crippen LogP contribution in [0.2, 0.25) is 0 Å². The number of carboxylic acids is 2. The van der Waals surface area contributed by atoms with Gasteiger partial charge in [0.05, 0.1) is 18.4 Å². The molecule has 1 aromatic carbocycles. The number of unbranched alkanes of at least 4 members (excludes halogenated alkanes) is 36. The monoisotopic (exact) mass is 1360 g/mol. The lowest BCUT2D eigenvalue weighted by atomic mass is 10.0. The van der Waals surface area contributed by atoms with Crippen molar-refractivity contribution in [1.29, 1.82) is 0 Å². The minimum absolute atomic E-state index is 0.0133. The average Bonchev–Trinajstić information content (AvgIpc) is 0.819. The third-order valence-corrected chi connectivity index (χ3v) is 18.7. The topological polar surface area (TPSA) is 327 Å². The number of carbonyl (C=O) groups is 7. The standard InChI is InChI=1S/C76H130N12O9/c1-6-10-14-18-22-26-30-34-38-42-46-61(71(91)84-64(74(94)95)48-44-40-36-32-28-24-20-16-12-8-3)81-66(89)55-54-63(82-70(90)58-50-52-60(53-51-58)88(5)57-59-56-79-69-67(80-59)68(77)86-76(78)87-69)73(93)83-62(47-43-39-35-31-27-23-19-15-11-7-2)72(92)85-65(75(96)97)49-45-41-37-33-29-25-21-17-13-9-4/h50-53,56,61-65H,6-49,54-55,57H2,1-5H3,(H,81,89)(H,82,90)(H,83,93)(H,84,91)(H,85,92)(H,94,95)(H,96,97)(H4,77,78,79,86,87). The summed E-state index contributed by atoms with van der Waals surface area (Å²) in [7, 11) is 1.84. The van der Waals surface area contributed by atoms with Crippen molar-refractivity contribution in [3.05, 3.63) is 41.7 Å². The largest absolute Gasteiger partial charge is 0.480 e. The van der Waals surface area contributed by atoms with Crippen LogP contribution in [-0.2, 0) is 35.3 Å². The van der Waals surface area contributed by atoms with Gasteiger partial charge in [0.1, 0.15) is 30.2 Å². The molecule has 21 heteroatoms. The second-order valence-electron chi connectivity index (χ2n) is 27.3. The molecule has 5 unspecified atom stereocenters. The highest BCUT2D eigenvalue weighted by atomic mass is 16.4. The molecule has 0 aliphatic carbocycles. The summed E-state index contributed by atoms with van der Waals surface area (Å²) in [6.45, 7) is 9.10. The third kappa shape index (κ3) is 38.3. The smallest absolute Gasteiger partial charge is 0.326 e. The van der Waals surface area contributed by atoms with Gasteiger partial charge in [-0.15, -0.1) is 0 Å². The lowest BCUT2D eigenvalue weighted by Crippen LogP contribution is -2.56. The Balaban J connectivity index is 1.90. The maximum absolute atomic E-state index is 14.9. The van der Waals surface area contributed by atoms with Crippen LogP contribution in [0.25, 0.3) is 11.2 Å². The van der Waals surface area contributed by atoms with Crippen LogP contribution in [0.5, 0.6) is 0 Å². The Bertz CT molecular complexity index is 2660. The Morgan fingerprint density at radius 2 is 0.742 bits per heavy atom. The van der Waals surface area contributed by atoms with Crippen LogP contribution in [0, 0.1) is 0 Å². The van der Waals surface area contributed by atoms with E-state index in [0.717, 1.165) is 109 Å². The van der Waals surface area contributed by atoms with Crippen LogP contribution >= 0.6 is 0 Å². The van der Waals surface area contributed by atoms with Crippen LogP contribution in [0.3, 0.4) is 0 Å². The number of nitrogens with two attached hydrogens (primary N) is 2. The lowest BCUT2D eigenvalue weighted by Gasteiger charge is -2.25. The summed E-state index contributed by atoms with van der Waals surface area (Å²) in [6, 6.07) is 0.741. The number of carbonyl (C=O) groups excluding carboxylic acids is 5. The van der Waals surface area contributed by atoms with Crippen LogP contribution in [-0.4, -0.2) is 109 Å². The fourth-order valence-electron chi connectivity index (χ4n) is 12.5. The van der Waals surface area contributed by atoms with E-state index in [9.17, 15) is 43.8 Å². The number of aromatic nitrogens is 4. The van der Waals surface area contributed by atoms with Gasteiger partial charge in [0, 0.05) is 24.7 Å². The molecule has 0 aliphatic rings. The molecule has 3 aromatic rings. The van der Waals surface area contributed by atoms with Gasteiger partial charge in [0.15, 0.2) is 17.0 Å². The predicted molar refractivity (Wildman–Crippen MR) is 392 cm³/mol. The number of carboxylic acid groups (broad SMARTS) is 2. The van der Waals surface area contributed by atoms with Crippen molar-refractivity contribution in [3.8, 4) is 0 Å². The van der Waals surface area contributed by atoms with Gasteiger partial charge in [-0.3, -0.25) is 24.0 Å². The van der Waals surface area contributed by atoms with E-state index in [1.807, 2.05) is 11.9 Å². The van der Waals surface area contributed by atoms with Crippen molar-refractivity contribution in [3.63, 3.8) is 0 Å².